The lowest BCUT2D eigenvalue weighted by Gasteiger charge is -2.30. The molecule has 1 spiro atoms. The first kappa shape index (κ1) is 17.4. The summed E-state index contributed by atoms with van der Waals surface area (Å²) >= 11 is 0. The summed E-state index contributed by atoms with van der Waals surface area (Å²) in [5.74, 6) is 0. The third-order valence-corrected chi connectivity index (χ3v) is 5.06. The third-order valence-electron chi connectivity index (χ3n) is 5.06. The van der Waals surface area contributed by atoms with Gasteiger partial charge in [0.1, 0.15) is 58.9 Å². The molecule has 0 amide bonds. The Labute approximate surface area is 173 Å². The van der Waals surface area contributed by atoms with E-state index in [1.165, 1.54) is 0 Å². The first-order chi connectivity index (χ1) is 15.1. The summed E-state index contributed by atoms with van der Waals surface area (Å²) in [6, 6.07) is 11.0. The Kier molecular flexibility index (Phi) is 3.15. The van der Waals surface area contributed by atoms with Gasteiger partial charge in [-0.3, -0.25) is 0 Å². The predicted molar refractivity (Wildman–Crippen MR) is 96.5 cm³/mol. The van der Waals surface area contributed by atoms with Gasteiger partial charge in [-0.1, -0.05) is 6.08 Å². The van der Waals surface area contributed by atoms with Crippen LogP contribution in [0.1, 0.15) is 34.2 Å². The second kappa shape index (κ2) is 5.63. The van der Waals surface area contributed by atoms with E-state index in [0.717, 1.165) is 0 Å². The smallest absolute Gasteiger partial charge is 0.177 e. The topological polar surface area (TPSA) is 207 Å². The number of nitrogens with zero attached hydrogens (tertiary/aromatic N) is 11. The Hall–Kier alpha value is -5.75. The maximum atomic E-state index is 9.55. The molecular weight excluding hydrogens is 394 g/mol. The summed E-state index contributed by atoms with van der Waals surface area (Å²) in [6.45, 7) is 0. The summed E-state index contributed by atoms with van der Waals surface area (Å²) < 4.78 is 0. The van der Waals surface area contributed by atoms with E-state index in [4.69, 9.17) is 0 Å². The van der Waals surface area contributed by atoms with Crippen molar-refractivity contribution in [1.29, 1.82) is 31.6 Å². The highest BCUT2D eigenvalue weighted by molar-refractivity contribution is 6.22. The van der Waals surface area contributed by atoms with Crippen LogP contribution in [0.25, 0.3) is 11.4 Å². The quantitative estimate of drug-likeness (QED) is 0.610. The Bertz CT molecular complexity index is 1650. The summed E-state index contributed by atoms with van der Waals surface area (Å²) in [5.41, 5.74) is -1.23. The van der Waals surface area contributed by atoms with E-state index in [-0.39, 0.29) is 62.5 Å². The van der Waals surface area contributed by atoms with Gasteiger partial charge in [-0.25, -0.2) is 24.9 Å². The molecule has 5 rings (SSSR count). The fraction of sp³-hybridized carbons (Fsp3) is 0.0500. The largest absolute Gasteiger partial charge is 0.237 e. The van der Waals surface area contributed by atoms with Crippen LogP contribution >= 0.6 is 0 Å². The molecule has 0 bridgehead atoms. The van der Waals surface area contributed by atoms with Gasteiger partial charge in [0.25, 0.3) is 0 Å². The van der Waals surface area contributed by atoms with Crippen molar-refractivity contribution in [2.45, 2.75) is 5.41 Å². The number of nitriles is 6. The van der Waals surface area contributed by atoms with Crippen molar-refractivity contribution in [2.24, 2.45) is 4.99 Å². The van der Waals surface area contributed by atoms with Gasteiger partial charge in [-0.2, -0.15) is 31.6 Å². The summed E-state index contributed by atoms with van der Waals surface area (Å²) in [6.07, 6.45) is 1.64. The molecule has 1 atom stereocenters. The van der Waals surface area contributed by atoms with Crippen LogP contribution in [0.15, 0.2) is 27.9 Å². The van der Waals surface area contributed by atoms with Crippen LogP contribution in [0.3, 0.4) is 0 Å². The third kappa shape index (κ3) is 1.91. The predicted octanol–water partition coefficient (Wildman–Crippen LogP) is 0.716. The standard InChI is InChI=1S/C20HN11/c21-2-8-9-1-20(9)18(30-10(8)3-22)16-15(27-11(4-23)12(5-24)28-16)17-19(20)31-14(7-26)13(6-25)29-17/h1H. The highest BCUT2D eigenvalue weighted by Crippen LogP contribution is 2.59. The van der Waals surface area contributed by atoms with Gasteiger partial charge in [0.15, 0.2) is 28.5 Å². The molecule has 0 saturated heterocycles. The second-order valence-electron chi connectivity index (χ2n) is 6.46. The summed E-state index contributed by atoms with van der Waals surface area (Å²) in [7, 11) is 0. The number of allylic oxidation sites excluding steroid dienone is 4. The zero-order valence-electron chi connectivity index (χ0n) is 15.0. The minimum absolute atomic E-state index is 0.0424. The molecule has 31 heavy (non-hydrogen) atoms. The van der Waals surface area contributed by atoms with Crippen molar-refractivity contribution in [3.05, 3.63) is 57.1 Å². The molecular formula is C20HN11. The maximum Gasteiger partial charge on any atom is 0.177 e. The molecule has 136 valence electrons. The highest BCUT2D eigenvalue weighted by Gasteiger charge is 2.61. The van der Waals surface area contributed by atoms with Crippen LogP contribution in [-0.2, 0) is 5.41 Å². The van der Waals surface area contributed by atoms with Gasteiger partial charge in [0.05, 0.1) is 17.0 Å². The van der Waals surface area contributed by atoms with Crippen molar-refractivity contribution < 1.29 is 0 Å². The van der Waals surface area contributed by atoms with Gasteiger partial charge in [0.2, 0.25) is 0 Å². The van der Waals surface area contributed by atoms with Gasteiger partial charge >= 0.3 is 0 Å². The molecule has 0 aromatic carbocycles. The van der Waals surface area contributed by atoms with Crippen molar-refractivity contribution in [1.82, 2.24) is 19.9 Å². The number of fused-ring (bicyclic) bond motifs is 4. The summed E-state index contributed by atoms with van der Waals surface area (Å²) in [5, 5.41) is 56.5. The normalized spacial score (nSPS) is 18.5. The van der Waals surface area contributed by atoms with E-state index in [1.54, 1.807) is 24.3 Å². The number of rotatable bonds is 0. The second-order valence-corrected chi connectivity index (χ2v) is 6.46. The fourth-order valence-electron chi connectivity index (χ4n) is 3.72. The molecule has 0 N–H and O–H groups in total. The van der Waals surface area contributed by atoms with Crippen LogP contribution < -0.4 is 0 Å². The first-order valence-corrected chi connectivity index (χ1v) is 8.41. The van der Waals surface area contributed by atoms with E-state index in [0.29, 0.717) is 5.57 Å². The number of aromatic nitrogens is 4. The maximum absolute atomic E-state index is 9.55. The lowest BCUT2D eigenvalue weighted by molar-refractivity contribution is 0.864. The van der Waals surface area contributed by atoms with Crippen LogP contribution in [0.5, 0.6) is 0 Å². The number of hydrogen-bond acceptors (Lipinski definition) is 11. The lowest BCUT2D eigenvalue weighted by Crippen LogP contribution is -2.36. The van der Waals surface area contributed by atoms with Crippen LogP contribution in [0, 0.1) is 68.0 Å². The highest BCUT2D eigenvalue weighted by atomic mass is 15.0. The minimum Gasteiger partial charge on any atom is -0.237 e. The van der Waals surface area contributed by atoms with E-state index in [9.17, 15) is 31.6 Å². The van der Waals surface area contributed by atoms with E-state index >= 15 is 0 Å². The van der Waals surface area contributed by atoms with E-state index in [1.807, 2.05) is 18.2 Å². The zero-order chi connectivity index (χ0) is 21.9. The Morgan fingerprint density at radius 3 is 1.71 bits per heavy atom. The Morgan fingerprint density at radius 2 is 1.16 bits per heavy atom. The average molecular weight is 395 g/mol. The molecule has 2 aliphatic carbocycles. The molecule has 0 saturated carbocycles. The van der Waals surface area contributed by atoms with E-state index in [2.05, 4.69) is 24.9 Å². The van der Waals surface area contributed by atoms with Crippen molar-refractivity contribution in [3.8, 4) is 47.8 Å². The molecule has 11 nitrogen and oxygen atoms in total. The SMILES string of the molecule is N#CC1=C(C#N)C2=CC23C(=N1)c1nc(C#N)c(C#N)nc1-c1nc(C#N)c(C#N)nc13. The minimum atomic E-state index is -1.18. The van der Waals surface area contributed by atoms with Crippen LogP contribution in [0.2, 0.25) is 0 Å². The van der Waals surface area contributed by atoms with Gasteiger partial charge in [0, 0.05) is 0 Å². The van der Waals surface area contributed by atoms with Gasteiger partial charge in [-0.05, 0) is 5.57 Å². The summed E-state index contributed by atoms with van der Waals surface area (Å²) in [4.78, 5) is 21.3. The Balaban J connectivity index is 1.96. The molecule has 0 radical (unpaired) electrons. The average Bonchev–Trinajstić information content (AvgIpc) is 3.56. The van der Waals surface area contributed by atoms with Crippen molar-refractivity contribution in [2.75, 3.05) is 0 Å². The fourth-order valence-corrected chi connectivity index (χ4v) is 3.72. The monoisotopic (exact) mass is 395 g/mol. The molecule has 3 heterocycles. The number of aliphatic imine (C=N–C) groups is 1. The van der Waals surface area contributed by atoms with E-state index < -0.39 is 5.41 Å². The molecule has 1 unspecified atom stereocenters. The van der Waals surface area contributed by atoms with Crippen LogP contribution in [0.4, 0.5) is 0 Å². The zero-order valence-corrected chi connectivity index (χ0v) is 15.0. The molecule has 2 aromatic heterocycles. The van der Waals surface area contributed by atoms with Crippen molar-refractivity contribution >= 4 is 5.71 Å². The lowest BCUT2D eigenvalue weighted by atomic mass is 9.77. The van der Waals surface area contributed by atoms with Crippen molar-refractivity contribution in [3.63, 3.8) is 0 Å². The first-order valence-electron chi connectivity index (χ1n) is 8.41. The molecule has 2 aromatic rings. The molecule has 3 aliphatic rings. The van der Waals surface area contributed by atoms with Crippen LogP contribution in [-0.4, -0.2) is 25.6 Å². The molecule has 1 aliphatic heterocycles. The number of hydrogen-bond donors (Lipinski definition) is 0. The Morgan fingerprint density at radius 1 is 0.613 bits per heavy atom. The van der Waals surface area contributed by atoms with Gasteiger partial charge in [-0.15, -0.1) is 0 Å². The molecule has 11 heteroatoms. The van der Waals surface area contributed by atoms with Gasteiger partial charge < -0.3 is 0 Å². The molecule has 0 fully saturated rings.